The zero-order chi connectivity index (χ0) is 24.9. The summed E-state index contributed by atoms with van der Waals surface area (Å²) < 4.78 is 5.86. The molecule has 1 rings (SSSR count). The van der Waals surface area contributed by atoms with Crippen LogP contribution < -0.4 is 0 Å². The highest BCUT2D eigenvalue weighted by Crippen LogP contribution is 2.28. The van der Waals surface area contributed by atoms with Gasteiger partial charge in [-0.05, 0) is 32.1 Å². The number of hydrogen-bond acceptors (Lipinski definition) is 3. The molecular formula is C30H54O4. The van der Waals surface area contributed by atoms with Gasteiger partial charge in [0.05, 0.1) is 11.8 Å². The number of ether oxygens (including phenoxy) is 1. The van der Waals surface area contributed by atoms with Gasteiger partial charge < -0.3 is 9.84 Å². The molecule has 3 atom stereocenters. The van der Waals surface area contributed by atoms with E-state index in [0.717, 1.165) is 32.1 Å². The Morgan fingerprint density at radius 3 is 1.56 bits per heavy atom. The van der Waals surface area contributed by atoms with E-state index >= 15 is 0 Å². The molecule has 1 aliphatic carbocycles. The van der Waals surface area contributed by atoms with Crippen molar-refractivity contribution < 1.29 is 19.4 Å². The second kappa shape index (κ2) is 21.0. The van der Waals surface area contributed by atoms with Crippen molar-refractivity contribution >= 4 is 11.9 Å². The van der Waals surface area contributed by atoms with Gasteiger partial charge in [-0.15, -0.1) is 0 Å². The third kappa shape index (κ3) is 14.8. The summed E-state index contributed by atoms with van der Waals surface area (Å²) in [5.41, 5.74) is 0. The van der Waals surface area contributed by atoms with E-state index in [1.807, 2.05) is 12.2 Å². The van der Waals surface area contributed by atoms with Gasteiger partial charge in [-0.1, -0.05) is 129 Å². The lowest BCUT2D eigenvalue weighted by molar-refractivity contribution is -0.162. The highest BCUT2D eigenvalue weighted by molar-refractivity contribution is 5.81. The van der Waals surface area contributed by atoms with Gasteiger partial charge in [-0.3, -0.25) is 9.59 Å². The van der Waals surface area contributed by atoms with Crippen LogP contribution in [0.1, 0.15) is 149 Å². The average molecular weight is 479 g/mol. The van der Waals surface area contributed by atoms with E-state index in [0.29, 0.717) is 12.8 Å². The van der Waals surface area contributed by atoms with E-state index in [-0.39, 0.29) is 12.1 Å². The van der Waals surface area contributed by atoms with Crippen molar-refractivity contribution in [3.05, 3.63) is 12.2 Å². The van der Waals surface area contributed by atoms with Gasteiger partial charge in [0.1, 0.15) is 6.10 Å². The van der Waals surface area contributed by atoms with Crippen LogP contribution in [0.2, 0.25) is 0 Å². The van der Waals surface area contributed by atoms with E-state index in [9.17, 15) is 14.7 Å². The average Bonchev–Trinajstić information content (AvgIpc) is 2.84. The molecule has 0 radical (unpaired) electrons. The molecule has 34 heavy (non-hydrogen) atoms. The Kier molecular flexibility index (Phi) is 19.0. The molecule has 4 heteroatoms. The Morgan fingerprint density at radius 2 is 1.09 bits per heavy atom. The first kappa shape index (κ1) is 30.7. The molecule has 0 spiro atoms. The van der Waals surface area contributed by atoms with Crippen LogP contribution in [0.4, 0.5) is 0 Å². The largest absolute Gasteiger partial charge is 0.481 e. The molecule has 0 fully saturated rings. The highest BCUT2D eigenvalue weighted by atomic mass is 16.5. The van der Waals surface area contributed by atoms with Crippen molar-refractivity contribution in [3.8, 4) is 0 Å². The fourth-order valence-electron chi connectivity index (χ4n) is 5.04. The summed E-state index contributed by atoms with van der Waals surface area (Å²) in [5.74, 6) is -2.37. The van der Waals surface area contributed by atoms with Crippen molar-refractivity contribution in [2.24, 2.45) is 11.8 Å². The van der Waals surface area contributed by atoms with Crippen LogP contribution in [0.5, 0.6) is 0 Å². The first-order chi connectivity index (χ1) is 16.6. The predicted octanol–water partition coefficient (Wildman–Crippen LogP) is 9.02. The molecule has 0 bridgehead atoms. The van der Waals surface area contributed by atoms with E-state index in [4.69, 9.17) is 4.74 Å². The molecule has 3 unspecified atom stereocenters. The standard InChI is InChI=1S/C30H54O4/c1-3-5-7-8-9-10-11-12-13-14-15-16-17-18-19-23-26(22-6-4-2)34-30(33)28-25-21-20-24-27(28)29(31)32/h20-21,26-28H,3-19,22-25H2,1-2H3,(H,31,32). The lowest BCUT2D eigenvalue weighted by atomic mass is 9.83. The summed E-state index contributed by atoms with van der Waals surface area (Å²) in [6.45, 7) is 4.43. The van der Waals surface area contributed by atoms with Crippen LogP contribution in [0.3, 0.4) is 0 Å². The maximum atomic E-state index is 12.7. The number of carbonyl (C=O) groups excluding carboxylic acids is 1. The van der Waals surface area contributed by atoms with Gasteiger partial charge in [-0.2, -0.15) is 0 Å². The number of carboxylic acids is 1. The summed E-state index contributed by atoms with van der Waals surface area (Å²) in [6.07, 6.45) is 28.7. The van der Waals surface area contributed by atoms with Crippen LogP contribution in [0.25, 0.3) is 0 Å². The van der Waals surface area contributed by atoms with Crippen LogP contribution in [-0.4, -0.2) is 23.1 Å². The number of allylic oxidation sites excluding steroid dienone is 2. The molecule has 0 aromatic heterocycles. The van der Waals surface area contributed by atoms with Gasteiger partial charge in [0, 0.05) is 0 Å². The predicted molar refractivity (Wildman–Crippen MR) is 142 cm³/mol. The minimum Gasteiger partial charge on any atom is -0.481 e. The maximum Gasteiger partial charge on any atom is 0.310 e. The smallest absolute Gasteiger partial charge is 0.310 e. The van der Waals surface area contributed by atoms with E-state index in [1.165, 1.54) is 89.9 Å². The molecule has 0 saturated heterocycles. The quantitative estimate of drug-likeness (QED) is 0.0957. The molecule has 0 saturated carbocycles. The third-order valence-electron chi connectivity index (χ3n) is 7.34. The second-order valence-electron chi connectivity index (χ2n) is 10.4. The van der Waals surface area contributed by atoms with Crippen molar-refractivity contribution in [1.82, 2.24) is 0 Å². The lowest BCUT2D eigenvalue weighted by Crippen LogP contribution is -2.34. The van der Waals surface area contributed by atoms with Gasteiger partial charge in [0.2, 0.25) is 0 Å². The van der Waals surface area contributed by atoms with Crippen molar-refractivity contribution in [3.63, 3.8) is 0 Å². The molecule has 198 valence electrons. The van der Waals surface area contributed by atoms with Gasteiger partial charge >= 0.3 is 11.9 Å². The Labute approximate surface area is 210 Å². The van der Waals surface area contributed by atoms with Crippen molar-refractivity contribution in [2.45, 2.75) is 155 Å². The molecule has 0 aromatic rings. The van der Waals surface area contributed by atoms with Crippen LogP contribution in [-0.2, 0) is 14.3 Å². The Balaban J connectivity index is 2.11. The van der Waals surface area contributed by atoms with Crippen LogP contribution >= 0.6 is 0 Å². The van der Waals surface area contributed by atoms with E-state index in [1.54, 1.807) is 0 Å². The molecule has 4 nitrogen and oxygen atoms in total. The molecule has 1 N–H and O–H groups in total. The third-order valence-corrected chi connectivity index (χ3v) is 7.34. The zero-order valence-corrected chi connectivity index (χ0v) is 22.4. The lowest BCUT2D eigenvalue weighted by Gasteiger charge is -2.26. The highest BCUT2D eigenvalue weighted by Gasteiger charge is 2.36. The molecule has 1 aliphatic rings. The van der Waals surface area contributed by atoms with Crippen molar-refractivity contribution in [1.29, 1.82) is 0 Å². The molecule has 0 amide bonds. The maximum absolute atomic E-state index is 12.7. The summed E-state index contributed by atoms with van der Waals surface area (Å²) >= 11 is 0. The first-order valence-corrected chi connectivity index (χ1v) is 14.7. The topological polar surface area (TPSA) is 63.6 Å². The minimum atomic E-state index is -0.890. The Bertz CT molecular complexity index is 542. The Hall–Kier alpha value is -1.32. The van der Waals surface area contributed by atoms with Crippen LogP contribution in [0.15, 0.2) is 12.2 Å². The first-order valence-electron chi connectivity index (χ1n) is 14.7. The fraction of sp³-hybridized carbons (Fsp3) is 0.867. The minimum absolute atomic E-state index is 0.0604. The van der Waals surface area contributed by atoms with Gasteiger partial charge in [0.25, 0.3) is 0 Å². The number of carboxylic acid groups (broad SMARTS) is 1. The monoisotopic (exact) mass is 478 g/mol. The van der Waals surface area contributed by atoms with Crippen LogP contribution in [0, 0.1) is 11.8 Å². The number of hydrogen-bond donors (Lipinski definition) is 1. The fourth-order valence-corrected chi connectivity index (χ4v) is 5.04. The molecule has 0 aromatic carbocycles. The summed E-state index contributed by atoms with van der Waals surface area (Å²) in [4.78, 5) is 24.2. The van der Waals surface area contributed by atoms with E-state index in [2.05, 4.69) is 13.8 Å². The number of esters is 1. The zero-order valence-electron chi connectivity index (χ0n) is 22.4. The number of carbonyl (C=O) groups is 2. The number of unbranched alkanes of at least 4 members (excludes halogenated alkanes) is 15. The normalized spacial score (nSPS) is 18.6. The molecule has 0 aliphatic heterocycles. The number of aliphatic carboxylic acids is 1. The van der Waals surface area contributed by atoms with Gasteiger partial charge in [0.15, 0.2) is 0 Å². The summed E-state index contributed by atoms with van der Waals surface area (Å²) in [5, 5.41) is 9.44. The Morgan fingerprint density at radius 1 is 0.676 bits per heavy atom. The SMILES string of the molecule is CCCCCCCCCCCCCCCCCC(CCCC)OC(=O)C1CC=CCC1C(=O)O. The van der Waals surface area contributed by atoms with E-state index < -0.39 is 17.8 Å². The number of rotatable bonds is 22. The summed E-state index contributed by atoms with van der Waals surface area (Å²) in [7, 11) is 0. The summed E-state index contributed by atoms with van der Waals surface area (Å²) in [6, 6.07) is 0. The second-order valence-corrected chi connectivity index (χ2v) is 10.4. The van der Waals surface area contributed by atoms with Crippen molar-refractivity contribution in [2.75, 3.05) is 0 Å². The molecule has 0 heterocycles. The molecular weight excluding hydrogens is 424 g/mol. The van der Waals surface area contributed by atoms with Gasteiger partial charge in [-0.25, -0.2) is 0 Å².